The first-order valence-electron chi connectivity index (χ1n) is 6.40. The van der Waals surface area contributed by atoms with E-state index in [9.17, 15) is 10.1 Å². The van der Waals surface area contributed by atoms with Gasteiger partial charge in [-0.2, -0.15) is 0 Å². The van der Waals surface area contributed by atoms with E-state index in [0.717, 1.165) is 11.1 Å². The van der Waals surface area contributed by atoms with E-state index in [4.69, 9.17) is 4.74 Å². The highest BCUT2D eigenvalue weighted by molar-refractivity contribution is 5.89. The predicted octanol–water partition coefficient (Wildman–Crippen LogP) is 3.82. The second-order valence-corrected chi connectivity index (χ2v) is 4.07. The van der Waals surface area contributed by atoms with Crippen molar-refractivity contribution in [1.29, 1.82) is 0 Å². The highest BCUT2D eigenvalue weighted by atomic mass is 16.6. The number of methoxy groups -OCH3 is 1. The Morgan fingerprint density at radius 2 is 2.29 bits per heavy atom. The highest BCUT2D eigenvalue weighted by Crippen LogP contribution is 2.30. The topological polar surface area (TPSA) is 64.7 Å². The molecule has 0 spiro atoms. The van der Waals surface area contributed by atoms with Crippen molar-refractivity contribution in [3.05, 3.63) is 64.8 Å². The summed E-state index contributed by atoms with van der Waals surface area (Å²) in [6.45, 7) is 6.04. The van der Waals surface area contributed by atoms with Crippen LogP contribution in [-0.2, 0) is 0 Å². The molecule has 1 rings (SSSR count). The number of benzene rings is 1. The van der Waals surface area contributed by atoms with Crippen molar-refractivity contribution in [2.24, 2.45) is 4.99 Å². The zero-order valence-corrected chi connectivity index (χ0v) is 12.2. The fourth-order valence-corrected chi connectivity index (χ4v) is 1.70. The number of hydrogen-bond donors (Lipinski definition) is 0. The smallest absolute Gasteiger partial charge is 0.310 e. The van der Waals surface area contributed by atoms with E-state index < -0.39 is 4.92 Å². The lowest BCUT2D eigenvalue weighted by atomic mass is 10.0. The van der Waals surface area contributed by atoms with Crippen LogP contribution >= 0.6 is 0 Å². The Labute approximate surface area is 124 Å². The molecule has 0 aliphatic carbocycles. The van der Waals surface area contributed by atoms with E-state index >= 15 is 0 Å². The van der Waals surface area contributed by atoms with Gasteiger partial charge in [-0.25, -0.2) is 0 Å². The maximum atomic E-state index is 10.9. The number of nitro benzene ring substituents is 1. The summed E-state index contributed by atoms with van der Waals surface area (Å²) in [5.41, 5.74) is 1.65. The van der Waals surface area contributed by atoms with Crippen LogP contribution in [0.2, 0.25) is 0 Å². The Kier molecular flexibility index (Phi) is 6.60. The van der Waals surface area contributed by atoms with Gasteiger partial charge in [-0.3, -0.25) is 15.1 Å². The van der Waals surface area contributed by atoms with Crippen LogP contribution in [-0.4, -0.2) is 24.8 Å². The minimum Gasteiger partial charge on any atom is -0.490 e. The number of allylic oxidation sites excluding steroid dienone is 4. The van der Waals surface area contributed by atoms with Gasteiger partial charge in [-0.1, -0.05) is 18.2 Å². The molecule has 0 unspecified atom stereocenters. The number of nitrogens with zero attached hydrogens (tertiary/aromatic N) is 2. The van der Waals surface area contributed by atoms with Crippen molar-refractivity contribution in [3.63, 3.8) is 0 Å². The fraction of sp³-hybridized carbons (Fsp3) is 0.188. The molecule has 1 aromatic carbocycles. The molecule has 5 heteroatoms. The number of nitro groups is 1. The van der Waals surface area contributed by atoms with E-state index in [1.54, 1.807) is 24.4 Å². The maximum Gasteiger partial charge on any atom is 0.310 e. The molecule has 0 heterocycles. The second kappa shape index (κ2) is 8.47. The van der Waals surface area contributed by atoms with Gasteiger partial charge in [0.1, 0.15) is 0 Å². The van der Waals surface area contributed by atoms with Gasteiger partial charge < -0.3 is 4.74 Å². The molecule has 110 valence electrons. The molecule has 0 fully saturated rings. The van der Waals surface area contributed by atoms with E-state index in [-0.39, 0.29) is 11.4 Å². The molecule has 21 heavy (non-hydrogen) atoms. The molecule has 0 N–H and O–H groups in total. The van der Waals surface area contributed by atoms with Gasteiger partial charge in [0.05, 0.1) is 18.6 Å². The van der Waals surface area contributed by atoms with Crippen LogP contribution in [0.25, 0.3) is 5.57 Å². The lowest BCUT2D eigenvalue weighted by Crippen LogP contribution is -1.95. The quantitative estimate of drug-likeness (QED) is 0.251. The summed E-state index contributed by atoms with van der Waals surface area (Å²) in [6.07, 6.45) is 9.02. The Morgan fingerprint density at radius 3 is 2.86 bits per heavy atom. The molecule has 0 saturated carbocycles. The molecule has 1 aromatic rings. The van der Waals surface area contributed by atoms with Crippen molar-refractivity contribution in [1.82, 2.24) is 0 Å². The molecule has 0 amide bonds. The molecule has 0 atom stereocenters. The lowest BCUT2D eigenvalue weighted by molar-refractivity contribution is -0.385. The first kappa shape index (κ1) is 16.4. The zero-order chi connectivity index (χ0) is 15.7. The van der Waals surface area contributed by atoms with Gasteiger partial charge >= 0.3 is 5.69 Å². The van der Waals surface area contributed by atoms with Crippen LogP contribution in [0.15, 0.2) is 54.1 Å². The molecule has 0 bridgehead atoms. The first-order chi connectivity index (χ1) is 10.1. The van der Waals surface area contributed by atoms with Gasteiger partial charge in [0.15, 0.2) is 5.75 Å². The molecule has 0 aliphatic heterocycles. The summed E-state index contributed by atoms with van der Waals surface area (Å²) in [7, 11) is 1.41. The van der Waals surface area contributed by atoms with Crippen LogP contribution in [0.1, 0.15) is 12.5 Å². The maximum absolute atomic E-state index is 10.9. The minimum atomic E-state index is -0.465. The summed E-state index contributed by atoms with van der Waals surface area (Å²) in [5.74, 6) is 0.232. The summed E-state index contributed by atoms with van der Waals surface area (Å²) in [4.78, 5) is 14.6. The molecule has 0 aromatic heterocycles. The molecular formula is C16H18N2O3. The first-order valence-corrected chi connectivity index (χ1v) is 6.40. The van der Waals surface area contributed by atoms with Crippen molar-refractivity contribution >= 4 is 17.5 Å². The third-order valence-electron chi connectivity index (χ3n) is 2.65. The molecular weight excluding hydrogens is 268 g/mol. The van der Waals surface area contributed by atoms with Crippen molar-refractivity contribution in [3.8, 4) is 5.75 Å². The Hall–Kier alpha value is -2.69. The summed E-state index contributed by atoms with van der Waals surface area (Å²) < 4.78 is 5.08. The number of ether oxygens (including phenoxy) is 1. The average molecular weight is 286 g/mol. The third kappa shape index (κ3) is 4.72. The highest BCUT2D eigenvalue weighted by Gasteiger charge is 2.15. The van der Waals surface area contributed by atoms with Crippen molar-refractivity contribution in [2.45, 2.75) is 6.92 Å². The number of rotatable bonds is 7. The monoisotopic (exact) mass is 286 g/mol. The lowest BCUT2D eigenvalue weighted by Gasteiger charge is -2.06. The number of aliphatic imine (C=N–C) groups is 1. The average Bonchev–Trinajstić information content (AvgIpc) is 2.49. The molecule has 5 nitrogen and oxygen atoms in total. The molecule has 0 aliphatic rings. The van der Waals surface area contributed by atoms with E-state index in [2.05, 4.69) is 11.6 Å². The van der Waals surface area contributed by atoms with E-state index in [0.29, 0.717) is 6.54 Å². The minimum absolute atomic E-state index is 0.0543. The van der Waals surface area contributed by atoms with Crippen LogP contribution in [0.3, 0.4) is 0 Å². The van der Waals surface area contributed by atoms with Gasteiger partial charge in [0, 0.05) is 12.3 Å². The van der Waals surface area contributed by atoms with E-state index in [1.165, 1.54) is 13.2 Å². The van der Waals surface area contributed by atoms with Crippen LogP contribution in [0, 0.1) is 10.1 Å². The van der Waals surface area contributed by atoms with Crippen LogP contribution in [0.5, 0.6) is 5.75 Å². The van der Waals surface area contributed by atoms with Gasteiger partial charge in [-0.15, -0.1) is 6.58 Å². The third-order valence-corrected chi connectivity index (χ3v) is 2.65. The Bertz CT molecular complexity index is 602. The predicted molar refractivity (Wildman–Crippen MR) is 86.0 cm³/mol. The van der Waals surface area contributed by atoms with Crippen molar-refractivity contribution < 1.29 is 9.66 Å². The molecule has 0 radical (unpaired) electrons. The standard InChI is InChI=1S/C16H18N2O3/c1-4-6-13(9-11-17-10-5-2)14-7-8-15(18(19)20)16(12-14)21-3/h4-9,11-12H,2,10H2,1,3H3/b6-4-,13-9+,17-11+. The summed E-state index contributed by atoms with van der Waals surface area (Å²) in [6, 6.07) is 4.77. The van der Waals surface area contributed by atoms with Crippen LogP contribution < -0.4 is 4.74 Å². The fourth-order valence-electron chi connectivity index (χ4n) is 1.70. The Balaban J connectivity index is 3.20. The molecule has 0 saturated heterocycles. The summed E-state index contributed by atoms with van der Waals surface area (Å²) >= 11 is 0. The van der Waals surface area contributed by atoms with Crippen LogP contribution in [0.4, 0.5) is 5.69 Å². The summed E-state index contributed by atoms with van der Waals surface area (Å²) in [5, 5.41) is 10.9. The normalized spacial score (nSPS) is 12.0. The second-order valence-electron chi connectivity index (χ2n) is 4.07. The van der Waals surface area contributed by atoms with Gasteiger partial charge in [-0.05, 0) is 36.3 Å². The van der Waals surface area contributed by atoms with Gasteiger partial charge in [0.25, 0.3) is 0 Å². The zero-order valence-electron chi connectivity index (χ0n) is 12.2. The number of hydrogen-bond acceptors (Lipinski definition) is 4. The Morgan fingerprint density at radius 1 is 1.52 bits per heavy atom. The van der Waals surface area contributed by atoms with E-state index in [1.807, 2.05) is 25.2 Å². The van der Waals surface area contributed by atoms with Crippen molar-refractivity contribution in [2.75, 3.05) is 13.7 Å². The largest absolute Gasteiger partial charge is 0.490 e. The SMILES string of the molecule is C=CC/N=C/C=C(\C=C/C)c1ccc([N+](=O)[O-])c(OC)c1. The van der Waals surface area contributed by atoms with Gasteiger partial charge in [0.2, 0.25) is 0 Å².